The standard InChI is InChI=1S/C8H10FN3O4/c1-14-7-3-5(10-6(13)4-16-9)11-8(12-7)15-2/h3H,4H2,1-2H3,(H,10,11,12,13). The van der Waals surface area contributed by atoms with Crippen LogP contribution in [0, 0.1) is 0 Å². The molecule has 1 aromatic heterocycles. The number of carbonyl (C=O) groups excluding carboxylic acids is 1. The molecule has 88 valence electrons. The molecule has 7 nitrogen and oxygen atoms in total. The lowest BCUT2D eigenvalue weighted by atomic mass is 10.5. The molecule has 1 heterocycles. The van der Waals surface area contributed by atoms with Gasteiger partial charge in [-0.2, -0.15) is 14.9 Å². The van der Waals surface area contributed by atoms with Crippen LogP contribution in [0.4, 0.5) is 10.3 Å². The van der Waals surface area contributed by atoms with Gasteiger partial charge in [0, 0.05) is 6.07 Å². The van der Waals surface area contributed by atoms with Crippen molar-refractivity contribution in [2.24, 2.45) is 0 Å². The van der Waals surface area contributed by atoms with Crippen LogP contribution in [-0.4, -0.2) is 36.7 Å². The second kappa shape index (κ2) is 5.81. The molecule has 0 unspecified atom stereocenters. The zero-order valence-electron chi connectivity index (χ0n) is 8.69. The van der Waals surface area contributed by atoms with Crippen molar-refractivity contribution in [3.63, 3.8) is 0 Å². The SMILES string of the molecule is COc1cc(NC(=O)COF)nc(OC)n1. The summed E-state index contributed by atoms with van der Waals surface area (Å²) in [5.74, 6) is -0.348. The number of methoxy groups -OCH3 is 2. The number of nitrogens with one attached hydrogen (secondary N) is 1. The molecule has 0 aliphatic heterocycles. The molecule has 0 aromatic carbocycles. The molecule has 1 N–H and O–H groups in total. The van der Waals surface area contributed by atoms with Gasteiger partial charge in [-0.05, 0) is 4.53 Å². The number of amides is 1. The molecular formula is C8H10FN3O4. The number of nitrogens with zero attached hydrogens (tertiary/aromatic N) is 2. The molecule has 0 aliphatic rings. The Hall–Kier alpha value is -1.96. The second-order valence-electron chi connectivity index (χ2n) is 2.58. The summed E-state index contributed by atoms with van der Waals surface area (Å²) in [6.45, 7) is -0.714. The van der Waals surface area contributed by atoms with Crippen molar-refractivity contribution in [3.8, 4) is 11.9 Å². The first-order valence-corrected chi connectivity index (χ1v) is 4.20. The van der Waals surface area contributed by atoms with Crippen molar-refractivity contribution in [1.29, 1.82) is 0 Å². The average molecular weight is 231 g/mol. The van der Waals surface area contributed by atoms with Crippen molar-refractivity contribution in [1.82, 2.24) is 9.97 Å². The van der Waals surface area contributed by atoms with E-state index in [2.05, 4.69) is 20.2 Å². The fraction of sp³-hybridized carbons (Fsp3) is 0.375. The van der Waals surface area contributed by atoms with E-state index in [9.17, 15) is 9.32 Å². The summed E-state index contributed by atoms with van der Waals surface area (Å²) in [6.07, 6.45) is 0. The number of aromatic nitrogens is 2. The molecule has 0 aliphatic carbocycles. The van der Waals surface area contributed by atoms with Crippen molar-refractivity contribution in [2.75, 3.05) is 26.1 Å². The van der Waals surface area contributed by atoms with E-state index in [1.165, 1.54) is 20.3 Å². The highest BCUT2D eigenvalue weighted by molar-refractivity contribution is 5.90. The van der Waals surface area contributed by atoms with Gasteiger partial charge in [-0.3, -0.25) is 4.79 Å². The Balaban J connectivity index is 2.82. The van der Waals surface area contributed by atoms with E-state index in [1.807, 2.05) is 0 Å². The summed E-state index contributed by atoms with van der Waals surface area (Å²) < 4.78 is 21.0. The number of anilines is 1. The molecule has 8 heteroatoms. The van der Waals surface area contributed by atoms with E-state index in [0.717, 1.165) is 0 Å². The molecule has 16 heavy (non-hydrogen) atoms. The highest BCUT2D eigenvalue weighted by Crippen LogP contribution is 2.16. The number of hydrogen-bond donors (Lipinski definition) is 1. The van der Waals surface area contributed by atoms with Gasteiger partial charge in [-0.1, -0.05) is 0 Å². The Labute approximate surface area is 90.4 Å². The zero-order valence-corrected chi connectivity index (χ0v) is 8.69. The highest BCUT2D eigenvalue weighted by Gasteiger charge is 2.08. The van der Waals surface area contributed by atoms with Crippen LogP contribution in [0.5, 0.6) is 11.9 Å². The summed E-state index contributed by atoms with van der Waals surface area (Å²) >= 11 is 0. The molecule has 0 atom stereocenters. The van der Waals surface area contributed by atoms with E-state index in [4.69, 9.17) is 9.47 Å². The van der Waals surface area contributed by atoms with Crippen molar-refractivity contribution in [2.45, 2.75) is 0 Å². The Bertz CT molecular complexity index is 352. The van der Waals surface area contributed by atoms with Crippen LogP contribution in [-0.2, 0) is 9.74 Å². The first-order chi connectivity index (χ1) is 7.69. The molecular weight excluding hydrogens is 221 g/mol. The van der Waals surface area contributed by atoms with E-state index in [0.29, 0.717) is 0 Å². The summed E-state index contributed by atoms with van der Waals surface area (Å²) in [5, 5.41) is 2.28. The summed E-state index contributed by atoms with van der Waals surface area (Å²) in [6, 6.07) is 1.38. The van der Waals surface area contributed by atoms with E-state index in [1.54, 1.807) is 0 Å². The summed E-state index contributed by atoms with van der Waals surface area (Å²) in [7, 11) is 2.77. The van der Waals surface area contributed by atoms with Gasteiger partial charge < -0.3 is 14.8 Å². The van der Waals surface area contributed by atoms with Crippen molar-refractivity contribution >= 4 is 11.7 Å². The second-order valence-corrected chi connectivity index (χ2v) is 2.58. The van der Waals surface area contributed by atoms with Gasteiger partial charge in [0.15, 0.2) is 6.61 Å². The van der Waals surface area contributed by atoms with Crippen LogP contribution in [0.3, 0.4) is 0 Å². The van der Waals surface area contributed by atoms with Crippen LogP contribution in [0.15, 0.2) is 6.07 Å². The summed E-state index contributed by atoms with van der Waals surface area (Å²) in [4.78, 5) is 21.8. The molecule has 0 spiro atoms. The van der Waals surface area contributed by atoms with Crippen molar-refractivity contribution in [3.05, 3.63) is 6.07 Å². The first kappa shape index (κ1) is 12.1. The van der Waals surface area contributed by atoms with Gasteiger partial charge in [0.2, 0.25) is 5.88 Å². The predicted molar refractivity (Wildman–Crippen MR) is 50.8 cm³/mol. The number of hydrogen-bond acceptors (Lipinski definition) is 6. The monoisotopic (exact) mass is 231 g/mol. The van der Waals surface area contributed by atoms with Crippen LogP contribution >= 0.6 is 0 Å². The smallest absolute Gasteiger partial charge is 0.321 e. The minimum Gasteiger partial charge on any atom is -0.481 e. The maximum Gasteiger partial charge on any atom is 0.321 e. The highest BCUT2D eigenvalue weighted by atomic mass is 19.3. The third-order valence-corrected chi connectivity index (χ3v) is 1.53. The van der Waals surface area contributed by atoms with Gasteiger partial charge in [-0.25, -0.2) is 0 Å². The van der Waals surface area contributed by atoms with Crippen LogP contribution in [0.2, 0.25) is 0 Å². The first-order valence-electron chi connectivity index (χ1n) is 4.20. The molecule has 1 rings (SSSR count). The molecule has 0 fully saturated rings. The zero-order chi connectivity index (χ0) is 12.0. The van der Waals surface area contributed by atoms with Gasteiger partial charge in [0.25, 0.3) is 5.91 Å². The largest absolute Gasteiger partial charge is 0.481 e. The summed E-state index contributed by atoms with van der Waals surface area (Å²) in [5.41, 5.74) is 0. The molecule has 1 amide bonds. The lowest BCUT2D eigenvalue weighted by Gasteiger charge is -2.06. The lowest BCUT2D eigenvalue weighted by Crippen LogP contribution is -2.17. The Kier molecular flexibility index (Phi) is 4.40. The van der Waals surface area contributed by atoms with E-state index < -0.39 is 12.5 Å². The lowest BCUT2D eigenvalue weighted by molar-refractivity contribution is -0.152. The number of carbonyl (C=O) groups is 1. The third kappa shape index (κ3) is 3.31. The van der Waals surface area contributed by atoms with Gasteiger partial charge in [0.05, 0.1) is 14.2 Å². The maximum atomic E-state index is 11.4. The normalized spacial score (nSPS) is 9.69. The van der Waals surface area contributed by atoms with Gasteiger partial charge in [-0.15, -0.1) is 0 Å². The fourth-order valence-electron chi connectivity index (χ4n) is 0.892. The molecule has 1 aromatic rings. The predicted octanol–water partition coefficient (Wildman–Crippen LogP) is 0.333. The Morgan fingerprint density at radius 3 is 2.75 bits per heavy atom. The number of ether oxygens (including phenoxy) is 2. The van der Waals surface area contributed by atoms with Crippen LogP contribution in [0.25, 0.3) is 0 Å². The minimum atomic E-state index is -0.714. The average Bonchev–Trinajstić information content (AvgIpc) is 2.28. The Morgan fingerprint density at radius 2 is 2.19 bits per heavy atom. The topological polar surface area (TPSA) is 82.6 Å². The van der Waals surface area contributed by atoms with Gasteiger partial charge in [0.1, 0.15) is 5.82 Å². The van der Waals surface area contributed by atoms with Crippen molar-refractivity contribution < 1.29 is 23.7 Å². The van der Waals surface area contributed by atoms with Crippen LogP contribution in [0.1, 0.15) is 0 Å². The third-order valence-electron chi connectivity index (χ3n) is 1.53. The quantitative estimate of drug-likeness (QED) is 0.786. The Morgan fingerprint density at radius 1 is 1.44 bits per heavy atom. The molecule has 0 bridgehead atoms. The maximum absolute atomic E-state index is 11.4. The number of halogens is 1. The minimum absolute atomic E-state index is 0.0239. The molecule has 0 saturated heterocycles. The number of rotatable bonds is 5. The molecule has 0 saturated carbocycles. The van der Waals surface area contributed by atoms with E-state index in [-0.39, 0.29) is 17.7 Å². The van der Waals surface area contributed by atoms with Gasteiger partial charge >= 0.3 is 6.01 Å². The van der Waals surface area contributed by atoms with E-state index >= 15 is 0 Å². The van der Waals surface area contributed by atoms with Crippen LogP contribution < -0.4 is 14.8 Å². The molecule has 0 radical (unpaired) electrons. The fourth-order valence-corrected chi connectivity index (χ4v) is 0.892.